The highest BCUT2D eigenvalue weighted by Crippen LogP contribution is 2.71. The van der Waals surface area contributed by atoms with Crippen LogP contribution in [0.15, 0.2) is 23.3 Å². The average Bonchev–Trinajstić information content (AvgIpc) is 3.06. The molecular weight excluding hydrogens is 424 g/mol. The second-order valence-electron chi connectivity index (χ2n) is 14.0. The second-order valence-corrected chi connectivity index (χ2v) is 14.0. The minimum absolute atomic E-state index is 0.0686. The molecule has 0 aliphatic heterocycles. The first-order chi connectivity index (χ1) is 15.6. The zero-order valence-electron chi connectivity index (χ0n) is 22.7. The molecule has 0 aromatic carbocycles. The van der Waals surface area contributed by atoms with Crippen molar-refractivity contribution >= 4 is 0 Å². The van der Waals surface area contributed by atoms with Gasteiger partial charge in [0.1, 0.15) is 5.60 Å². The summed E-state index contributed by atoms with van der Waals surface area (Å²) in [7, 11) is 0. The third-order valence-electron chi connectivity index (χ3n) is 11.9. The van der Waals surface area contributed by atoms with Gasteiger partial charge in [0.2, 0.25) is 0 Å². The molecule has 0 amide bonds. The lowest BCUT2D eigenvalue weighted by Gasteiger charge is -2.61. The molecule has 0 aromatic heterocycles. The molecule has 4 nitrogen and oxygen atoms in total. The van der Waals surface area contributed by atoms with E-state index in [9.17, 15) is 20.4 Å². The Hall–Kier alpha value is -0.680. The highest BCUT2D eigenvalue weighted by molar-refractivity contribution is 5.49. The molecule has 0 bridgehead atoms. The minimum atomic E-state index is -1.43. The summed E-state index contributed by atoms with van der Waals surface area (Å²) in [6.45, 7) is 15.4. The molecule has 4 N–H and O–H groups in total. The van der Waals surface area contributed by atoms with Crippen LogP contribution in [0.5, 0.6) is 0 Å². The summed E-state index contributed by atoms with van der Waals surface area (Å²) in [6.07, 6.45) is 11.9. The Balaban J connectivity index is 1.59. The van der Waals surface area contributed by atoms with Gasteiger partial charge in [0.25, 0.3) is 0 Å². The van der Waals surface area contributed by atoms with E-state index in [0.29, 0.717) is 24.2 Å². The second kappa shape index (κ2) is 8.43. The number of aliphatic hydroxyl groups is 4. The summed E-state index contributed by atoms with van der Waals surface area (Å²) in [5.41, 5.74) is 2.13. The van der Waals surface area contributed by atoms with Crippen molar-refractivity contribution in [3.05, 3.63) is 23.3 Å². The molecule has 0 radical (unpaired) electrons. The van der Waals surface area contributed by atoms with E-state index in [1.165, 1.54) is 19.8 Å². The highest BCUT2D eigenvalue weighted by atomic mass is 16.4. The predicted octanol–water partition coefficient (Wildman–Crippen LogP) is 5.39. The Kier molecular flexibility index (Phi) is 6.54. The van der Waals surface area contributed by atoms with Crippen molar-refractivity contribution in [1.29, 1.82) is 0 Å². The lowest BCUT2D eigenvalue weighted by Crippen LogP contribution is -2.54. The molecule has 0 heterocycles. The van der Waals surface area contributed by atoms with Gasteiger partial charge in [-0.1, -0.05) is 53.7 Å². The van der Waals surface area contributed by atoms with Gasteiger partial charge in [0.05, 0.1) is 18.8 Å². The lowest BCUT2D eigenvalue weighted by molar-refractivity contribution is -0.0974. The molecule has 2 fully saturated rings. The predicted molar refractivity (Wildman–Crippen MR) is 137 cm³/mol. The van der Waals surface area contributed by atoms with E-state index in [1.807, 2.05) is 0 Å². The van der Waals surface area contributed by atoms with Gasteiger partial charge in [-0.05, 0) is 109 Å². The van der Waals surface area contributed by atoms with Crippen molar-refractivity contribution in [3.8, 4) is 0 Å². The summed E-state index contributed by atoms with van der Waals surface area (Å²) in [5, 5.41) is 40.8. The Bertz CT molecular complexity index is 856. The van der Waals surface area contributed by atoms with E-state index < -0.39 is 18.3 Å². The van der Waals surface area contributed by atoms with Gasteiger partial charge in [-0.3, -0.25) is 0 Å². The molecule has 4 aliphatic carbocycles. The van der Waals surface area contributed by atoms with Crippen molar-refractivity contribution in [2.75, 3.05) is 6.61 Å². The number of hydrogen-bond donors (Lipinski definition) is 4. The Labute approximate surface area is 207 Å². The monoisotopic (exact) mass is 474 g/mol. The van der Waals surface area contributed by atoms with Gasteiger partial charge in [0.15, 0.2) is 0 Å². The SMILES string of the molecule is C[C@H](CCC(O)C(C)(O)CO)[C@H]1CC[C@@]2(C)C3=CCC4C(C)(C)[C@@H](O)CC[C@]4(C)C3=CC[C@]12C. The van der Waals surface area contributed by atoms with E-state index in [0.717, 1.165) is 32.1 Å². The van der Waals surface area contributed by atoms with Crippen LogP contribution in [-0.4, -0.2) is 44.8 Å². The fourth-order valence-corrected chi connectivity index (χ4v) is 8.98. The molecular formula is C30H50O4. The largest absolute Gasteiger partial charge is 0.393 e. The van der Waals surface area contributed by atoms with Crippen molar-refractivity contribution in [2.24, 2.45) is 39.4 Å². The quantitative estimate of drug-likeness (QED) is 0.416. The van der Waals surface area contributed by atoms with Crippen molar-refractivity contribution < 1.29 is 20.4 Å². The zero-order valence-corrected chi connectivity index (χ0v) is 22.7. The van der Waals surface area contributed by atoms with Gasteiger partial charge >= 0.3 is 0 Å². The van der Waals surface area contributed by atoms with Gasteiger partial charge in [-0.25, -0.2) is 0 Å². The van der Waals surface area contributed by atoms with E-state index in [-0.39, 0.29) is 27.8 Å². The molecule has 194 valence electrons. The highest BCUT2D eigenvalue weighted by Gasteiger charge is 2.63. The van der Waals surface area contributed by atoms with Crippen LogP contribution in [0, 0.1) is 39.4 Å². The van der Waals surface area contributed by atoms with Gasteiger partial charge in [0, 0.05) is 0 Å². The fourth-order valence-electron chi connectivity index (χ4n) is 8.98. The molecule has 3 unspecified atom stereocenters. The number of allylic oxidation sites excluding steroid dienone is 4. The van der Waals surface area contributed by atoms with Crippen LogP contribution in [0.4, 0.5) is 0 Å². The molecule has 9 atom stereocenters. The first-order valence-corrected chi connectivity index (χ1v) is 13.8. The van der Waals surface area contributed by atoms with Crippen LogP contribution in [0.2, 0.25) is 0 Å². The smallest absolute Gasteiger partial charge is 0.111 e. The number of hydrogen-bond acceptors (Lipinski definition) is 4. The standard InChI is InChI=1S/C30H50O4/c1-19(8-11-25(33)30(7,34)18-31)20-12-16-29(6)22-9-10-23-26(2,3)24(32)14-15-27(23,4)21(22)13-17-28(20,29)5/h9,13,19-20,23-25,31-34H,8,10-12,14-18H2,1-7H3/t19-,20-,23?,24+,25?,27-,28-,29+,30?/m1/s1. The maximum atomic E-state index is 10.8. The van der Waals surface area contributed by atoms with E-state index >= 15 is 0 Å². The van der Waals surface area contributed by atoms with Crippen molar-refractivity contribution in [2.45, 2.75) is 118 Å². The Morgan fingerprint density at radius 2 is 1.71 bits per heavy atom. The Morgan fingerprint density at radius 3 is 2.35 bits per heavy atom. The van der Waals surface area contributed by atoms with Crippen molar-refractivity contribution in [1.82, 2.24) is 0 Å². The third-order valence-corrected chi connectivity index (χ3v) is 11.9. The molecule has 4 heteroatoms. The van der Waals surface area contributed by atoms with E-state index in [1.54, 1.807) is 11.1 Å². The normalized spacial score (nSPS) is 44.6. The third kappa shape index (κ3) is 3.61. The Morgan fingerprint density at radius 1 is 1.03 bits per heavy atom. The van der Waals surface area contributed by atoms with Crippen LogP contribution in [0.25, 0.3) is 0 Å². The van der Waals surface area contributed by atoms with E-state index in [4.69, 9.17) is 0 Å². The maximum Gasteiger partial charge on any atom is 0.111 e. The lowest BCUT2D eigenvalue weighted by atomic mass is 9.44. The number of aliphatic hydroxyl groups excluding tert-OH is 3. The fraction of sp³-hybridized carbons (Fsp3) is 0.867. The minimum Gasteiger partial charge on any atom is -0.393 e. The molecule has 0 spiro atoms. The van der Waals surface area contributed by atoms with Crippen LogP contribution >= 0.6 is 0 Å². The summed E-state index contributed by atoms with van der Waals surface area (Å²) in [6, 6.07) is 0. The number of fused-ring (bicyclic) bond motifs is 5. The van der Waals surface area contributed by atoms with Gasteiger partial charge in [-0.2, -0.15) is 0 Å². The summed E-state index contributed by atoms with van der Waals surface area (Å²) in [5.74, 6) is 1.49. The number of rotatable bonds is 6. The molecule has 4 rings (SSSR count). The zero-order chi connectivity index (χ0) is 25.3. The van der Waals surface area contributed by atoms with Crippen LogP contribution < -0.4 is 0 Å². The first-order valence-electron chi connectivity index (χ1n) is 13.8. The molecule has 0 aromatic rings. The maximum absolute atomic E-state index is 10.8. The van der Waals surface area contributed by atoms with Crippen LogP contribution in [-0.2, 0) is 0 Å². The summed E-state index contributed by atoms with van der Waals surface area (Å²) in [4.78, 5) is 0. The van der Waals surface area contributed by atoms with E-state index in [2.05, 4.69) is 53.7 Å². The summed E-state index contributed by atoms with van der Waals surface area (Å²) >= 11 is 0. The van der Waals surface area contributed by atoms with Crippen molar-refractivity contribution in [3.63, 3.8) is 0 Å². The molecule has 4 aliphatic rings. The summed E-state index contributed by atoms with van der Waals surface area (Å²) < 4.78 is 0. The molecule has 2 saturated carbocycles. The van der Waals surface area contributed by atoms with Gasteiger partial charge < -0.3 is 20.4 Å². The van der Waals surface area contributed by atoms with Crippen LogP contribution in [0.3, 0.4) is 0 Å². The first kappa shape index (κ1) is 26.4. The topological polar surface area (TPSA) is 80.9 Å². The molecule has 0 saturated heterocycles. The average molecular weight is 475 g/mol. The van der Waals surface area contributed by atoms with Gasteiger partial charge in [-0.15, -0.1) is 0 Å². The van der Waals surface area contributed by atoms with Crippen LogP contribution in [0.1, 0.15) is 99.8 Å². The molecule has 34 heavy (non-hydrogen) atoms.